The molecule has 0 aliphatic carbocycles. The molecule has 4 nitrogen and oxygen atoms in total. The molecule has 112 valence electrons. The van der Waals surface area contributed by atoms with Crippen molar-refractivity contribution in [1.82, 2.24) is 5.32 Å². The molecule has 6 heteroatoms. The average molecular weight is 364 g/mol. The quantitative estimate of drug-likeness (QED) is 0.866. The van der Waals surface area contributed by atoms with Gasteiger partial charge in [-0.25, -0.2) is 0 Å². The number of hydrogen-bond acceptors (Lipinski definition) is 3. The van der Waals surface area contributed by atoms with Crippen LogP contribution < -0.4 is 15.4 Å². The first kappa shape index (κ1) is 17.3. The maximum absolute atomic E-state index is 12.3. The van der Waals surface area contributed by atoms with Crippen LogP contribution in [0.15, 0.2) is 22.7 Å². The van der Waals surface area contributed by atoms with Gasteiger partial charge in [0.2, 0.25) is 5.91 Å². The fourth-order valence-electron chi connectivity index (χ4n) is 2.26. The standard InChI is InChI=1S/C14H19BrN2O2.ClH/c1-14(7-3-4-8-16-14)13(18)17-10-5-6-11(15)12(9-10)19-2;/h5-6,9,16H,3-4,7-8H2,1-2H3,(H,17,18);1H. The van der Waals surface area contributed by atoms with Gasteiger partial charge in [-0.1, -0.05) is 0 Å². The fourth-order valence-corrected chi connectivity index (χ4v) is 2.67. The lowest BCUT2D eigenvalue weighted by atomic mass is 9.90. The lowest BCUT2D eigenvalue weighted by Gasteiger charge is -2.33. The van der Waals surface area contributed by atoms with Crippen LogP contribution in [0, 0.1) is 0 Å². The van der Waals surface area contributed by atoms with Crippen LogP contribution in [0.25, 0.3) is 0 Å². The van der Waals surface area contributed by atoms with Gasteiger partial charge in [0.1, 0.15) is 5.75 Å². The minimum atomic E-state index is -0.474. The summed E-state index contributed by atoms with van der Waals surface area (Å²) in [5.41, 5.74) is 0.275. The predicted octanol–water partition coefficient (Wildman–Crippen LogP) is 3.35. The first-order valence-electron chi connectivity index (χ1n) is 6.45. The van der Waals surface area contributed by atoms with Gasteiger partial charge in [0.15, 0.2) is 0 Å². The molecule has 1 atom stereocenters. The highest BCUT2D eigenvalue weighted by molar-refractivity contribution is 9.10. The minimum Gasteiger partial charge on any atom is -0.495 e. The summed E-state index contributed by atoms with van der Waals surface area (Å²) in [6.45, 7) is 2.85. The molecule has 1 heterocycles. The maximum atomic E-state index is 12.3. The monoisotopic (exact) mass is 362 g/mol. The Morgan fingerprint density at radius 2 is 2.20 bits per heavy atom. The SMILES string of the molecule is COc1cc(NC(=O)C2(C)CCCCN2)ccc1Br.Cl. The topological polar surface area (TPSA) is 50.4 Å². The predicted molar refractivity (Wildman–Crippen MR) is 86.8 cm³/mol. The highest BCUT2D eigenvalue weighted by atomic mass is 79.9. The zero-order valence-electron chi connectivity index (χ0n) is 11.7. The van der Waals surface area contributed by atoms with Crippen LogP contribution in [0.5, 0.6) is 5.75 Å². The van der Waals surface area contributed by atoms with Gasteiger partial charge < -0.3 is 15.4 Å². The Balaban J connectivity index is 0.00000200. The Kier molecular flexibility index (Phi) is 6.30. The molecule has 0 saturated carbocycles. The van der Waals surface area contributed by atoms with Crippen molar-refractivity contribution in [2.24, 2.45) is 0 Å². The molecule has 1 amide bonds. The second-order valence-electron chi connectivity index (χ2n) is 5.02. The maximum Gasteiger partial charge on any atom is 0.244 e. The van der Waals surface area contributed by atoms with Gasteiger partial charge in [-0.3, -0.25) is 4.79 Å². The smallest absolute Gasteiger partial charge is 0.244 e. The molecule has 1 aromatic carbocycles. The van der Waals surface area contributed by atoms with E-state index in [1.807, 2.05) is 25.1 Å². The number of piperidine rings is 1. The molecule has 2 N–H and O–H groups in total. The summed E-state index contributed by atoms with van der Waals surface area (Å²) in [4.78, 5) is 12.3. The molecule has 1 aliphatic rings. The molecular weight excluding hydrogens is 344 g/mol. The van der Waals surface area contributed by atoms with Crippen LogP contribution in [0.3, 0.4) is 0 Å². The molecule has 0 radical (unpaired) electrons. The number of hydrogen-bond donors (Lipinski definition) is 2. The minimum absolute atomic E-state index is 0. The van der Waals surface area contributed by atoms with Gasteiger partial charge in [-0.15, -0.1) is 12.4 Å². The van der Waals surface area contributed by atoms with Crippen molar-refractivity contribution in [2.45, 2.75) is 31.7 Å². The third-order valence-electron chi connectivity index (χ3n) is 3.53. The zero-order chi connectivity index (χ0) is 13.9. The molecular formula is C14H20BrClN2O2. The molecule has 20 heavy (non-hydrogen) atoms. The third-order valence-corrected chi connectivity index (χ3v) is 4.18. The van der Waals surface area contributed by atoms with Crippen LogP contribution in [0.2, 0.25) is 0 Å². The van der Waals surface area contributed by atoms with Gasteiger partial charge in [0, 0.05) is 11.8 Å². The Labute approximate surface area is 134 Å². The van der Waals surface area contributed by atoms with E-state index in [0.29, 0.717) is 5.75 Å². The van der Waals surface area contributed by atoms with Crippen LogP contribution in [0.1, 0.15) is 26.2 Å². The number of rotatable bonds is 3. The summed E-state index contributed by atoms with van der Waals surface area (Å²) < 4.78 is 6.09. The first-order chi connectivity index (χ1) is 9.05. The summed E-state index contributed by atoms with van der Waals surface area (Å²) in [6, 6.07) is 5.54. The van der Waals surface area contributed by atoms with Gasteiger partial charge in [0.05, 0.1) is 17.1 Å². The van der Waals surface area contributed by atoms with E-state index in [0.717, 1.165) is 36.0 Å². The van der Waals surface area contributed by atoms with Crippen LogP contribution in [-0.2, 0) is 4.79 Å². The number of ether oxygens (including phenoxy) is 1. The molecule has 1 saturated heterocycles. The van der Waals surface area contributed by atoms with Crippen molar-refractivity contribution in [3.63, 3.8) is 0 Å². The van der Waals surface area contributed by atoms with Crippen LogP contribution in [-0.4, -0.2) is 25.1 Å². The lowest BCUT2D eigenvalue weighted by molar-refractivity contribution is -0.122. The number of amides is 1. The van der Waals surface area contributed by atoms with Crippen molar-refractivity contribution in [2.75, 3.05) is 19.0 Å². The van der Waals surface area contributed by atoms with E-state index in [1.54, 1.807) is 7.11 Å². The van der Waals surface area contributed by atoms with Gasteiger partial charge >= 0.3 is 0 Å². The van der Waals surface area contributed by atoms with Gasteiger partial charge in [0.25, 0.3) is 0 Å². The van der Waals surface area contributed by atoms with E-state index in [-0.39, 0.29) is 18.3 Å². The largest absolute Gasteiger partial charge is 0.495 e. The second kappa shape index (κ2) is 7.29. The van der Waals surface area contributed by atoms with E-state index in [4.69, 9.17) is 4.74 Å². The van der Waals surface area contributed by atoms with E-state index in [1.165, 1.54) is 0 Å². The highest BCUT2D eigenvalue weighted by Crippen LogP contribution is 2.28. The summed E-state index contributed by atoms with van der Waals surface area (Å²) in [7, 11) is 1.61. The number of anilines is 1. The number of nitrogens with one attached hydrogen (secondary N) is 2. The molecule has 0 spiro atoms. The molecule has 0 bridgehead atoms. The van der Waals surface area contributed by atoms with Gasteiger partial charge in [-0.05, 0) is 60.8 Å². The summed E-state index contributed by atoms with van der Waals surface area (Å²) in [6.07, 6.45) is 3.09. The van der Waals surface area contributed by atoms with Crippen LogP contribution >= 0.6 is 28.3 Å². The first-order valence-corrected chi connectivity index (χ1v) is 7.24. The van der Waals surface area contributed by atoms with Crippen molar-refractivity contribution >= 4 is 39.9 Å². The molecule has 1 aromatic rings. The summed E-state index contributed by atoms with van der Waals surface area (Å²) >= 11 is 3.39. The van der Waals surface area contributed by atoms with E-state index in [2.05, 4.69) is 26.6 Å². The number of carbonyl (C=O) groups excluding carboxylic acids is 1. The number of carbonyl (C=O) groups is 1. The number of benzene rings is 1. The van der Waals surface area contributed by atoms with Crippen molar-refractivity contribution < 1.29 is 9.53 Å². The Morgan fingerprint density at radius 1 is 1.45 bits per heavy atom. The zero-order valence-corrected chi connectivity index (χ0v) is 14.1. The van der Waals surface area contributed by atoms with Crippen molar-refractivity contribution in [3.8, 4) is 5.75 Å². The third kappa shape index (κ3) is 3.87. The molecule has 1 unspecified atom stereocenters. The molecule has 0 aromatic heterocycles. The normalized spacial score (nSPS) is 21.8. The molecule has 1 fully saturated rings. The fraction of sp³-hybridized carbons (Fsp3) is 0.500. The Morgan fingerprint density at radius 3 is 2.80 bits per heavy atom. The summed E-state index contributed by atoms with van der Waals surface area (Å²) in [5, 5.41) is 6.25. The van der Waals surface area contributed by atoms with E-state index in [9.17, 15) is 4.79 Å². The van der Waals surface area contributed by atoms with E-state index < -0.39 is 5.54 Å². The van der Waals surface area contributed by atoms with E-state index >= 15 is 0 Å². The average Bonchev–Trinajstić information content (AvgIpc) is 2.41. The van der Waals surface area contributed by atoms with Crippen molar-refractivity contribution in [3.05, 3.63) is 22.7 Å². The highest BCUT2D eigenvalue weighted by Gasteiger charge is 2.34. The Bertz CT molecular complexity index is 476. The number of methoxy groups -OCH3 is 1. The van der Waals surface area contributed by atoms with Crippen molar-refractivity contribution in [1.29, 1.82) is 0 Å². The number of halogens is 2. The molecule has 1 aliphatic heterocycles. The lowest BCUT2D eigenvalue weighted by Crippen LogP contribution is -2.54. The van der Waals surface area contributed by atoms with Gasteiger partial charge in [-0.2, -0.15) is 0 Å². The van der Waals surface area contributed by atoms with Crippen LogP contribution in [0.4, 0.5) is 5.69 Å². The summed E-state index contributed by atoms with van der Waals surface area (Å²) in [5.74, 6) is 0.719. The second-order valence-corrected chi connectivity index (χ2v) is 5.87. The Hall–Kier alpha value is -0.780. The molecule has 2 rings (SSSR count).